The van der Waals surface area contributed by atoms with Gasteiger partial charge in [-0.15, -0.1) is 0 Å². The minimum Gasteiger partial charge on any atom is -0.503 e. The minimum absolute atomic E-state index is 0. The van der Waals surface area contributed by atoms with Crippen molar-refractivity contribution < 1.29 is 85.2 Å². The van der Waals surface area contributed by atoms with E-state index in [9.17, 15) is 9.59 Å². The monoisotopic (exact) mass is 484 g/mol. The molecule has 4 nitrogen and oxygen atoms in total. The zero-order valence-electron chi connectivity index (χ0n) is 15.3. The van der Waals surface area contributed by atoms with Gasteiger partial charge in [-0.3, -0.25) is 21.7 Å². The van der Waals surface area contributed by atoms with Gasteiger partial charge in [-0.05, 0) is 22.7 Å². The average Bonchev–Trinajstić information content (AvgIpc) is 3.11. The van der Waals surface area contributed by atoms with Gasteiger partial charge in [0.05, 0.1) is 11.8 Å². The van der Waals surface area contributed by atoms with E-state index in [4.69, 9.17) is 10.2 Å². The Balaban J connectivity index is 0. The van der Waals surface area contributed by atoms with Crippen molar-refractivity contribution in [3.63, 3.8) is 0 Å². The van der Waals surface area contributed by atoms with Gasteiger partial charge in [0.2, 0.25) is 0 Å². The van der Waals surface area contributed by atoms with Crippen LogP contribution in [0.5, 0.6) is 0 Å². The number of carbonyl (C=O) groups is 2. The second kappa shape index (κ2) is 10.1. The SMILES string of the molecule is C[C-]=C[C@@H]1[C@H](C(=O)O)C1(C)C.C[C-]=C[C@H]1[C@@H](C(=O)O)C1(C)C.[Y].[Y]. The van der Waals surface area contributed by atoms with Gasteiger partial charge in [0, 0.05) is 65.4 Å². The van der Waals surface area contributed by atoms with Crippen LogP contribution in [0.3, 0.4) is 0 Å². The van der Waals surface area contributed by atoms with Crippen LogP contribution >= 0.6 is 0 Å². The van der Waals surface area contributed by atoms with E-state index in [1.54, 1.807) is 13.8 Å². The van der Waals surface area contributed by atoms with E-state index in [0.717, 1.165) is 0 Å². The third-order valence-electron chi connectivity index (χ3n) is 5.05. The maximum atomic E-state index is 10.6. The van der Waals surface area contributed by atoms with E-state index in [-0.39, 0.29) is 99.9 Å². The van der Waals surface area contributed by atoms with Crippen molar-refractivity contribution in [3.8, 4) is 0 Å². The Hall–Kier alpha value is 0.628. The Morgan fingerprint density at radius 1 is 0.792 bits per heavy atom. The van der Waals surface area contributed by atoms with Crippen molar-refractivity contribution in [2.75, 3.05) is 0 Å². The topological polar surface area (TPSA) is 74.6 Å². The molecule has 0 spiro atoms. The molecule has 0 heterocycles. The molecule has 2 rings (SSSR count). The third-order valence-corrected chi connectivity index (χ3v) is 5.05. The van der Waals surface area contributed by atoms with Crippen LogP contribution in [0.25, 0.3) is 0 Å². The molecule has 4 atom stereocenters. The van der Waals surface area contributed by atoms with Gasteiger partial charge in [-0.1, -0.05) is 27.7 Å². The molecule has 24 heavy (non-hydrogen) atoms. The molecule has 0 aromatic heterocycles. The smallest absolute Gasteiger partial charge is 0.307 e. The van der Waals surface area contributed by atoms with E-state index < -0.39 is 11.9 Å². The molecule has 2 aliphatic rings. The van der Waals surface area contributed by atoms with Gasteiger partial charge >= 0.3 is 11.9 Å². The predicted octanol–water partition coefficient (Wildman–Crippen LogP) is 3.44. The number of carboxylic acids is 2. The summed E-state index contributed by atoms with van der Waals surface area (Å²) < 4.78 is 0. The number of hydrogen-bond donors (Lipinski definition) is 2. The minimum atomic E-state index is -0.688. The van der Waals surface area contributed by atoms with Crippen LogP contribution in [0.2, 0.25) is 0 Å². The van der Waals surface area contributed by atoms with E-state index >= 15 is 0 Å². The Kier molecular flexibility index (Phi) is 11.3. The summed E-state index contributed by atoms with van der Waals surface area (Å²) >= 11 is 0. The van der Waals surface area contributed by atoms with Gasteiger partial charge in [0.25, 0.3) is 0 Å². The maximum Gasteiger partial charge on any atom is 0.307 e. The molecular weight excluding hydrogens is 458 g/mol. The molecule has 0 unspecified atom stereocenters. The molecule has 6 heteroatoms. The first kappa shape index (κ1) is 26.9. The first-order valence-corrected chi connectivity index (χ1v) is 7.50. The molecule has 0 amide bonds. The van der Waals surface area contributed by atoms with Crippen LogP contribution in [0.1, 0.15) is 41.5 Å². The first-order valence-electron chi connectivity index (χ1n) is 7.50. The third kappa shape index (κ3) is 5.82. The average molecular weight is 484 g/mol. The number of rotatable bonds is 4. The van der Waals surface area contributed by atoms with Gasteiger partial charge in [0.1, 0.15) is 0 Å². The Labute approximate surface area is 195 Å². The fourth-order valence-corrected chi connectivity index (χ4v) is 3.28. The fourth-order valence-electron chi connectivity index (χ4n) is 3.28. The molecule has 130 valence electrons. The molecule has 2 aliphatic carbocycles. The molecular formula is C18H26O4Y2-2. The first-order chi connectivity index (χ1) is 10.0. The molecule has 0 aromatic rings. The van der Waals surface area contributed by atoms with E-state index in [2.05, 4.69) is 12.2 Å². The molecule has 2 fully saturated rings. The van der Waals surface area contributed by atoms with Crippen molar-refractivity contribution in [1.29, 1.82) is 0 Å². The molecule has 2 saturated carbocycles. The number of carboxylic acid groups (broad SMARTS) is 2. The standard InChI is InChI=1S/2C9H13O2.2Y/c2*1-4-5-6-7(8(10)11)9(6,2)3;;/h2*5-7H,1-3H3,(H,10,11);;/q2*-1;;/t2*6-,7-;;/m10../s1. The van der Waals surface area contributed by atoms with Crippen LogP contribution in [0.4, 0.5) is 0 Å². The molecule has 0 aromatic carbocycles. The zero-order chi connectivity index (χ0) is 17.3. The summed E-state index contributed by atoms with van der Waals surface area (Å²) in [4.78, 5) is 21.2. The van der Waals surface area contributed by atoms with Crippen molar-refractivity contribution in [2.24, 2.45) is 34.5 Å². The quantitative estimate of drug-likeness (QED) is 0.600. The largest absolute Gasteiger partial charge is 0.503 e. The van der Waals surface area contributed by atoms with Gasteiger partial charge in [0.15, 0.2) is 0 Å². The van der Waals surface area contributed by atoms with E-state index in [1.807, 2.05) is 39.8 Å². The summed E-state index contributed by atoms with van der Waals surface area (Å²) in [5.74, 6) is -1.40. The second-order valence-corrected chi connectivity index (χ2v) is 7.24. The second-order valence-electron chi connectivity index (χ2n) is 7.24. The van der Waals surface area contributed by atoms with E-state index in [1.165, 1.54) is 0 Å². The van der Waals surface area contributed by atoms with Gasteiger partial charge in [-0.25, -0.2) is 0 Å². The van der Waals surface area contributed by atoms with Gasteiger partial charge < -0.3 is 22.4 Å². The Morgan fingerprint density at radius 2 is 1.04 bits per heavy atom. The van der Waals surface area contributed by atoms with Gasteiger partial charge in [-0.2, -0.15) is 13.8 Å². The number of allylic oxidation sites excluding steroid dienone is 4. The van der Waals surface area contributed by atoms with E-state index in [0.29, 0.717) is 0 Å². The Morgan fingerprint density at radius 3 is 1.17 bits per heavy atom. The van der Waals surface area contributed by atoms with Crippen LogP contribution in [0, 0.1) is 46.7 Å². The Bertz CT molecular complexity index is 463. The van der Waals surface area contributed by atoms with Crippen LogP contribution in [0.15, 0.2) is 12.2 Å². The summed E-state index contributed by atoms with van der Waals surface area (Å²) in [6, 6.07) is 0. The molecule has 0 saturated heterocycles. The summed E-state index contributed by atoms with van der Waals surface area (Å²) in [6.07, 6.45) is 9.48. The summed E-state index contributed by atoms with van der Waals surface area (Å²) in [7, 11) is 0. The van der Waals surface area contributed by atoms with Crippen LogP contribution in [-0.2, 0) is 75.0 Å². The van der Waals surface area contributed by atoms with Crippen LogP contribution < -0.4 is 0 Å². The van der Waals surface area contributed by atoms with Crippen molar-refractivity contribution in [1.82, 2.24) is 0 Å². The van der Waals surface area contributed by atoms with Crippen molar-refractivity contribution in [2.45, 2.75) is 41.5 Å². The van der Waals surface area contributed by atoms with Crippen LogP contribution in [-0.4, -0.2) is 22.2 Å². The number of hydrogen-bond acceptors (Lipinski definition) is 2. The zero-order valence-corrected chi connectivity index (χ0v) is 21.0. The predicted molar refractivity (Wildman–Crippen MR) is 83.8 cm³/mol. The molecule has 0 bridgehead atoms. The normalized spacial score (nSPS) is 31.2. The summed E-state index contributed by atoms with van der Waals surface area (Å²) in [6.45, 7) is 11.5. The summed E-state index contributed by atoms with van der Waals surface area (Å²) in [5, 5.41) is 17.5. The number of aliphatic carboxylic acids is 2. The fraction of sp³-hybridized carbons (Fsp3) is 0.667. The molecule has 2 radical (unpaired) electrons. The summed E-state index contributed by atoms with van der Waals surface area (Å²) in [5.41, 5.74) is -0.121. The maximum absolute atomic E-state index is 10.6. The van der Waals surface area contributed by atoms with Crippen molar-refractivity contribution >= 4 is 11.9 Å². The van der Waals surface area contributed by atoms with Crippen molar-refractivity contribution in [3.05, 3.63) is 24.3 Å². The molecule has 0 aliphatic heterocycles. The molecule has 2 N–H and O–H groups in total.